The van der Waals surface area contributed by atoms with Crippen molar-refractivity contribution < 1.29 is 19.1 Å². The monoisotopic (exact) mass is 317 g/mol. The molecule has 0 heterocycles. The van der Waals surface area contributed by atoms with Crippen LogP contribution < -0.4 is 5.32 Å². The van der Waals surface area contributed by atoms with Crippen molar-refractivity contribution in [2.45, 2.75) is 45.8 Å². The molecule has 1 atom stereocenters. The van der Waals surface area contributed by atoms with Gasteiger partial charge < -0.3 is 14.8 Å². The molecule has 5 nitrogen and oxygen atoms in total. The fourth-order valence-electron chi connectivity index (χ4n) is 1.86. The summed E-state index contributed by atoms with van der Waals surface area (Å²) in [6.45, 7) is 7.21. The summed E-state index contributed by atoms with van der Waals surface area (Å²) < 4.78 is 10.2. The molecule has 124 valence electrons. The molecule has 1 aromatic carbocycles. The van der Waals surface area contributed by atoms with Crippen molar-refractivity contribution in [3.63, 3.8) is 0 Å². The SMILES string of the molecule is C#Cc1ccc(CC(NC(=O)OC(C)(C)C)C(=O)OCC)cc1. The van der Waals surface area contributed by atoms with Gasteiger partial charge in [0, 0.05) is 12.0 Å². The summed E-state index contributed by atoms with van der Waals surface area (Å²) in [4.78, 5) is 23.9. The molecule has 0 bridgehead atoms. The van der Waals surface area contributed by atoms with Crippen molar-refractivity contribution in [3.8, 4) is 12.3 Å². The van der Waals surface area contributed by atoms with Gasteiger partial charge in [-0.05, 0) is 45.4 Å². The van der Waals surface area contributed by atoms with E-state index < -0.39 is 23.7 Å². The second-order valence-electron chi connectivity index (χ2n) is 6.00. The van der Waals surface area contributed by atoms with Crippen molar-refractivity contribution in [1.29, 1.82) is 0 Å². The lowest BCUT2D eigenvalue weighted by molar-refractivity contribution is -0.145. The van der Waals surface area contributed by atoms with Crippen LogP contribution in [-0.2, 0) is 20.7 Å². The quantitative estimate of drug-likeness (QED) is 0.670. The molecular formula is C18H23NO4. The summed E-state index contributed by atoms with van der Waals surface area (Å²) in [6, 6.07) is 6.38. The van der Waals surface area contributed by atoms with Crippen LogP contribution in [0, 0.1) is 12.3 Å². The summed E-state index contributed by atoms with van der Waals surface area (Å²) in [5.41, 5.74) is 0.970. The Morgan fingerprint density at radius 3 is 2.35 bits per heavy atom. The van der Waals surface area contributed by atoms with Gasteiger partial charge >= 0.3 is 12.1 Å². The van der Waals surface area contributed by atoms with Crippen molar-refractivity contribution in [1.82, 2.24) is 5.32 Å². The zero-order chi connectivity index (χ0) is 17.5. The summed E-state index contributed by atoms with van der Waals surface area (Å²) in [6.07, 6.45) is 4.95. The van der Waals surface area contributed by atoms with Crippen molar-refractivity contribution in [3.05, 3.63) is 35.4 Å². The summed E-state index contributed by atoms with van der Waals surface area (Å²) in [7, 11) is 0. The fourth-order valence-corrected chi connectivity index (χ4v) is 1.86. The van der Waals surface area contributed by atoms with Crippen LogP contribution in [0.4, 0.5) is 4.79 Å². The zero-order valence-corrected chi connectivity index (χ0v) is 14.0. The number of hydrogen-bond acceptors (Lipinski definition) is 4. The molecule has 5 heteroatoms. The Bertz CT molecular complexity index is 579. The molecule has 0 aromatic heterocycles. The summed E-state index contributed by atoms with van der Waals surface area (Å²) in [5, 5.41) is 2.56. The van der Waals surface area contributed by atoms with E-state index in [0.717, 1.165) is 11.1 Å². The van der Waals surface area contributed by atoms with E-state index in [1.54, 1.807) is 39.8 Å². The number of nitrogens with one attached hydrogen (secondary N) is 1. The largest absolute Gasteiger partial charge is 0.464 e. The van der Waals surface area contributed by atoms with Crippen molar-refractivity contribution in [2.24, 2.45) is 0 Å². The summed E-state index contributed by atoms with van der Waals surface area (Å²) >= 11 is 0. The standard InChI is InChI=1S/C18H23NO4/c1-6-13-8-10-14(11-9-13)12-15(16(20)22-7-2)19-17(21)23-18(3,4)5/h1,8-11,15H,7,12H2,2-5H3,(H,19,21). The van der Waals surface area contributed by atoms with Crippen LogP contribution in [0.25, 0.3) is 0 Å². The molecule has 0 aliphatic rings. The van der Waals surface area contributed by atoms with Crippen LogP contribution in [0.15, 0.2) is 24.3 Å². The van der Waals surface area contributed by atoms with Gasteiger partial charge in [0.2, 0.25) is 0 Å². The highest BCUT2D eigenvalue weighted by atomic mass is 16.6. The number of terminal acetylenes is 1. The lowest BCUT2D eigenvalue weighted by Crippen LogP contribution is -2.45. The minimum atomic E-state index is -0.818. The predicted molar refractivity (Wildman–Crippen MR) is 87.9 cm³/mol. The van der Waals surface area contributed by atoms with Gasteiger partial charge in [0.1, 0.15) is 11.6 Å². The third-order valence-corrected chi connectivity index (χ3v) is 2.82. The topological polar surface area (TPSA) is 64.6 Å². The molecule has 1 amide bonds. The third kappa shape index (κ3) is 6.88. The summed E-state index contributed by atoms with van der Waals surface area (Å²) in [5.74, 6) is 2.03. The van der Waals surface area contributed by atoms with Gasteiger partial charge in [-0.3, -0.25) is 0 Å². The fraction of sp³-hybridized carbons (Fsp3) is 0.444. The molecular weight excluding hydrogens is 294 g/mol. The highest BCUT2D eigenvalue weighted by Crippen LogP contribution is 2.10. The molecule has 0 fully saturated rings. The Morgan fingerprint density at radius 2 is 1.87 bits per heavy atom. The van der Waals surface area contributed by atoms with Gasteiger partial charge in [-0.25, -0.2) is 9.59 Å². The minimum Gasteiger partial charge on any atom is -0.464 e. The number of hydrogen-bond donors (Lipinski definition) is 1. The first-order valence-electron chi connectivity index (χ1n) is 7.47. The normalized spacial score (nSPS) is 12.0. The first-order chi connectivity index (χ1) is 10.7. The third-order valence-electron chi connectivity index (χ3n) is 2.82. The number of esters is 1. The molecule has 0 radical (unpaired) electrons. The van der Waals surface area contributed by atoms with Gasteiger partial charge in [-0.2, -0.15) is 0 Å². The van der Waals surface area contributed by atoms with Gasteiger partial charge in [0.25, 0.3) is 0 Å². The maximum Gasteiger partial charge on any atom is 0.408 e. The van der Waals surface area contributed by atoms with Crippen molar-refractivity contribution >= 4 is 12.1 Å². The van der Waals surface area contributed by atoms with E-state index in [4.69, 9.17) is 15.9 Å². The van der Waals surface area contributed by atoms with Crippen LogP contribution in [-0.4, -0.2) is 30.3 Å². The number of ether oxygens (including phenoxy) is 2. The molecule has 23 heavy (non-hydrogen) atoms. The van der Waals surface area contributed by atoms with E-state index in [0.29, 0.717) is 6.42 Å². The zero-order valence-electron chi connectivity index (χ0n) is 14.0. The van der Waals surface area contributed by atoms with E-state index in [1.807, 2.05) is 12.1 Å². The number of alkyl carbamates (subject to hydrolysis) is 1. The van der Waals surface area contributed by atoms with Crippen LogP contribution in [0.1, 0.15) is 38.8 Å². The molecule has 0 saturated heterocycles. The molecule has 0 aliphatic heterocycles. The van der Waals surface area contributed by atoms with Crippen LogP contribution in [0.5, 0.6) is 0 Å². The Labute approximate surface area is 137 Å². The van der Waals surface area contributed by atoms with Gasteiger partial charge in [0.15, 0.2) is 0 Å². The van der Waals surface area contributed by atoms with Crippen molar-refractivity contribution in [2.75, 3.05) is 6.61 Å². The van der Waals surface area contributed by atoms with Crippen LogP contribution in [0.3, 0.4) is 0 Å². The van der Waals surface area contributed by atoms with Crippen LogP contribution in [0.2, 0.25) is 0 Å². The minimum absolute atomic E-state index is 0.237. The maximum atomic E-state index is 12.0. The predicted octanol–water partition coefficient (Wildman–Crippen LogP) is 2.67. The smallest absolute Gasteiger partial charge is 0.408 e. The lowest BCUT2D eigenvalue weighted by Gasteiger charge is -2.23. The van der Waals surface area contributed by atoms with Crippen LogP contribution >= 0.6 is 0 Å². The Balaban J connectivity index is 2.81. The molecule has 1 unspecified atom stereocenters. The number of amides is 1. The van der Waals surface area contributed by atoms with Gasteiger partial charge in [-0.15, -0.1) is 6.42 Å². The molecule has 1 aromatic rings. The first kappa shape index (κ1) is 18.6. The number of benzene rings is 1. The van der Waals surface area contributed by atoms with E-state index >= 15 is 0 Å². The number of carbonyl (C=O) groups is 2. The Morgan fingerprint density at radius 1 is 1.26 bits per heavy atom. The molecule has 0 saturated carbocycles. The maximum absolute atomic E-state index is 12.0. The average Bonchev–Trinajstić information content (AvgIpc) is 2.45. The second-order valence-corrected chi connectivity index (χ2v) is 6.00. The van der Waals surface area contributed by atoms with E-state index in [2.05, 4.69) is 11.2 Å². The highest BCUT2D eigenvalue weighted by molar-refractivity contribution is 5.81. The molecule has 1 N–H and O–H groups in total. The van der Waals surface area contributed by atoms with Gasteiger partial charge in [-0.1, -0.05) is 18.1 Å². The average molecular weight is 317 g/mol. The highest BCUT2D eigenvalue weighted by Gasteiger charge is 2.25. The molecule has 1 rings (SSSR count). The second kappa shape index (κ2) is 8.23. The molecule has 0 aliphatic carbocycles. The van der Waals surface area contributed by atoms with E-state index in [-0.39, 0.29) is 6.61 Å². The Kier molecular flexibility index (Phi) is 6.65. The molecule has 0 spiro atoms. The number of carbonyl (C=O) groups excluding carboxylic acids is 2. The van der Waals surface area contributed by atoms with E-state index in [9.17, 15) is 9.59 Å². The Hall–Kier alpha value is -2.48. The number of rotatable bonds is 5. The lowest BCUT2D eigenvalue weighted by atomic mass is 10.0. The first-order valence-corrected chi connectivity index (χ1v) is 7.47. The van der Waals surface area contributed by atoms with E-state index in [1.165, 1.54) is 0 Å². The van der Waals surface area contributed by atoms with Gasteiger partial charge in [0.05, 0.1) is 6.61 Å².